The molecule has 3 amide bonds. The van der Waals surface area contributed by atoms with Crippen LogP contribution in [-0.2, 0) is 29.2 Å². The first kappa shape index (κ1) is 58.2. The molecule has 3 saturated heterocycles. The zero-order valence-electron chi connectivity index (χ0n) is 46.2. The van der Waals surface area contributed by atoms with Crippen LogP contribution >= 0.6 is 23.2 Å². The van der Waals surface area contributed by atoms with Crippen LogP contribution in [0, 0.1) is 17.8 Å². The highest BCUT2D eigenvalue weighted by atomic mass is 35.5. The average Bonchev–Trinajstić information content (AvgIpc) is 4.09. The van der Waals surface area contributed by atoms with Crippen molar-refractivity contribution in [3.63, 3.8) is 0 Å². The van der Waals surface area contributed by atoms with E-state index in [2.05, 4.69) is 20.2 Å². The van der Waals surface area contributed by atoms with Gasteiger partial charge in [-0.3, -0.25) is 33.3 Å². The number of aromatic nitrogens is 4. The third-order valence-electron chi connectivity index (χ3n) is 16.6. The standard InChI is InChI=1S/C58H70Cl2N10O9S/c1-36-45-34-62-56(64-53(45)69(42-12-7-8-13-42)54(76)51(36)37(2)71)63-47-19-18-43(33-61-47)65-22-24-66(25-23-65)48(72)20-21-49(73)67-26-28-68(29-27-67)80(78,79)35-46(57(3,4)5)70-52(38-14-16-40(59)17-15-38)44(39-10-9-11-41(60)30-39)31-58(6,55(70)77)32-50(74)75/h9-11,14-19,30,33-34,42,44,46,52H,7-8,12-13,20-29,31-32,35H2,1-6H3,(H,74,75)(H,61,62,63,64)/t44-,46?,52-,58-/m1/s1. The van der Waals surface area contributed by atoms with E-state index < -0.39 is 62.9 Å². The lowest BCUT2D eigenvalue weighted by atomic mass is 9.66. The number of hydrogen-bond donors (Lipinski definition) is 2. The molecule has 2 N–H and O–H groups in total. The number of carbonyl (C=O) groups excluding carboxylic acids is 4. The van der Waals surface area contributed by atoms with Crippen molar-refractivity contribution >= 4 is 91.2 Å². The minimum Gasteiger partial charge on any atom is -0.481 e. The van der Waals surface area contributed by atoms with Gasteiger partial charge in [0, 0.05) is 98.8 Å². The van der Waals surface area contributed by atoms with Crippen LogP contribution in [0.15, 0.2) is 77.9 Å². The Labute approximate surface area is 476 Å². The lowest BCUT2D eigenvalue weighted by Gasteiger charge is -2.54. The van der Waals surface area contributed by atoms with Gasteiger partial charge in [0.15, 0.2) is 5.78 Å². The highest BCUT2D eigenvalue weighted by Crippen LogP contribution is 2.53. The van der Waals surface area contributed by atoms with E-state index in [1.807, 2.05) is 57.2 Å². The van der Waals surface area contributed by atoms with Crippen LogP contribution in [0.4, 0.5) is 17.5 Å². The number of aliphatic carboxylic acids is 1. The van der Waals surface area contributed by atoms with Crippen molar-refractivity contribution in [2.45, 2.75) is 117 Å². The molecule has 426 valence electrons. The predicted octanol–water partition coefficient (Wildman–Crippen LogP) is 8.42. The number of pyridine rings is 2. The normalized spacial score (nSPS) is 21.0. The number of benzene rings is 2. The van der Waals surface area contributed by atoms with Crippen LogP contribution in [0.1, 0.15) is 131 Å². The topological polar surface area (TPSA) is 229 Å². The van der Waals surface area contributed by atoms with E-state index in [9.17, 15) is 37.5 Å². The van der Waals surface area contributed by atoms with E-state index in [0.29, 0.717) is 64.2 Å². The largest absolute Gasteiger partial charge is 0.481 e. The second kappa shape index (κ2) is 23.5. The molecule has 1 aliphatic carbocycles. The van der Waals surface area contributed by atoms with Crippen LogP contribution in [0.25, 0.3) is 11.0 Å². The van der Waals surface area contributed by atoms with E-state index >= 15 is 4.79 Å². The Bertz CT molecular complexity index is 3350. The highest BCUT2D eigenvalue weighted by Gasteiger charge is 2.55. The van der Waals surface area contributed by atoms with E-state index in [0.717, 1.165) is 36.9 Å². The highest BCUT2D eigenvalue weighted by molar-refractivity contribution is 7.89. The molecule has 3 aromatic heterocycles. The Kier molecular flexibility index (Phi) is 17.1. The maximum absolute atomic E-state index is 15.1. The summed E-state index contributed by atoms with van der Waals surface area (Å²) in [5.74, 6) is -2.43. The smallest absolute Gasteiger partial charge is 0.304 e. The summed E-state index contributed by atoms with van der Waals surface area (Å²) in [4.78, 5) is 102. The second-order valence-corrected chi connectivity index (χ2v) is 26.0. The van der Waals surface area contributed by atoms with Crippen molar-refractivity contribution in [1.29, 1.82) is 0 Å². The number of nitrogens with one attached hydrogen (secondary N) is 1. The quantitative estimate of drug-likeness (QED) is 0.0885. The minimum absolute atomic E-state index is 0.00719. The number of sulfonamides is 1. The average molecular weight is 1150 g/mol. The van der Waals surface area contributed by atoms with Gasteiger partial charge in [-0.2, -0.15) is 9.29 Å². The molecule has 5 aromatic rings. The number of nitrogens with zero attached hydrogens (tertiary/aromatic N) is 9. The van der Waals surface area contributed by atoms with Crippen molar-refractivity contribution in [3.8, 4) is 0 Å². The monoisotopic (exact) mass is 1150 g/mol. The van der Waals surface area contributed by atoms with Gasteiger partial charge in [-0.25, -0.2) is 18.4 Å². The molecule has 0 spiro atoms. The molecular formula is C58H70Cl2N10O9S. The number of ketones is 1. The van der Waals surface area contributed by atoms with Crippen LogP contribution in [0.2, 0.25) is 10.0 Å². The number of carbonyl (C=O) groups is 5. The number of aryl methyl sites for hydroxylation is 1. The number of piperazine rings is 2. The molecular weight excluding hydrogens is 1080 g/mol. The van der Waals surface area contributed by atoms with Crippen molar-refractivity contribution in [2.24, 2.45) is 10.8 Å². The van der Waals surface area contributed by atoms with Crippen LogP contribution < -0.4 is 15.8 Å². The number of carboxylic acid groups (broad SMARTS) is 1. The Morgan fingerprint density at radius 3 is 2.04 bits per heavy atom. The number of piperidine rings is 1. The van der Waals surface area contributed by atoms with Crippen LogP contribution in [0.5, 0.6) is 0 Å². The Morgan fingerprint density at radius 1 is 0.825 bits per heavy atom. The maximum Gasteiger partial charge on any atom is 0.304 e. The van der Waals surface area contributed by atoms with E-state index in [-0.39, 0.29) is 86.2 Å². The number of likely N-dealkylation sites (tertiary alicyclic amines) is 1. The van der Waals surface area contributed by atoms with Crippen LogP contribution in [-0.4, -0.2) is 146 Å². The van der Waals surface area contributed by atoms with Gasteiger partial charge in [-0.05, 0) is 91.6 Å². The molecule has 2 aromatic carbocycles. The van der Waals surface area contributed by atoms with Gasteiger partial charge < -0.3 is 30.0 Å². The summed E-state index contributed by atoms with van der Waals surface area (Å²) in [7, 11) is -4.10. The second-order valence-electron chi connectivity index (χ2n) is 23.1. The first-order valence-electron chi connectivity index (χ1n) is 27.4. The molecule has 4 fully saturated rings. The van der Waals surface area contributed by atoms with Gasteiger partial charge in [0.2, 0.25) is 33.7 Å². The SMILES string of the molecule is CC(=O)c1c(C)c2cnc(Nc3ccc(N4CCN(C(=O)CCC(=O)N5CCN(S(=O)(=O)CC(N6C(=O)[C@@](C)(CC(=O)O)C[C@H](c7cccc(Cl)c7)[C@H]6c6ccc(Cl)cc6)C(C)(C)C)CC5)CC4)cn3)nc2n(C2CCCC2)c1=O. The third kappa shape index (κ3) is 12.4. The zero-order valence-corrected chi connectivity index (χ0v) is 48.5. The van der Waals surface area contributed by atoms with E-state index in [4.69, 9.17) is 28.2 Å². The van der Waals surface area contributed by atoms with Crippen molar-refractivity contribution in [1.82, 2.24) is 38.5 Å². The van der Waals surface area contributed by atoms with Gasteiger partial charge in [0.25, 0.3) is 5.56 Å². The van der Waals surface area contributed by atoms with Crippen LogP contribution in [0.3, 0.4) is 0 Å². The van der Waals surface area contributed by atoms with Crippen molar-refractivity contribution < 1.29 is 37.5 Å². The molecule has 9 rings (SSSR count). The summed E-state index contributed by atoms with van der Waals surface area (Å²) in [5, 5.41) is 14.9. The number of fused-ring (bicyclic) bond motifs is 1. The molecule has 3 aliphatic heterocycles. The van der Waals surface area contributed by atoms with Gasteiger partial charge in [-0.1, -0.05) is 88.0 Å². The summed E-state index contributed by atoms with van der Waals surface area (Å²) in [5.41, 5.74) is 1.05. The number of anilines is 3. The van der Waals surface area contributed by atoms with E-state index in [1.165, 1.54) is 11.2 Å². The number of Topliss-reactive ketones (excluding diaryl/α,β-unsaturated/α-hetero) is 1. The molecule has 6 heterocycles. The lowest BCUT2D eigenvalue weighted by Crippen LogP contribution is -2.61. The maximum atomic E-state index is 15.1. The first-order valence-corrected chi connectivity index (χ1v) is 29.8. The predicted molar refractivity (Wildman–Crippen MR) is 307 cm³/mol. The number of halogens is 2. The summed E-state index contributed by atoms with van der Waals surface area (Å²) < 4.78 is 32.4. The molecule has 19 nitrogen and oxygen atoms in total. The molecule has 1 unspecified atom stereocenters. The van der Waals surface area contributed by atoms with Crippen molar-refractivity contribution in [3.05, 3.63) is 116 Å². The molecule has 4 aliphatic rings. The molecule has 4 atom stereocenters. The Balaban J connectivity index is 0.796. The fraction of sp³-hybridized carbons (Fsp3) is 0.500. The van der Waals surface area contributed by atoms with Gasteiger partial charge in [-0.15, -0.1) is 0 Å². The Hall–Kier alpha value is -6.48. The summed E-state index contributed by atoms with van der Waals surface area (Å²) in [6.45, 7) is 12.7. The summed E-state index contributed by atoms with van der Waals surface area (Å²) in [6.07, 6.45) is 6.73. The lowest BCUT2D eigenvalue weighted by molar-refractivity contribution is -0.162. The molecule has 1 saturated carbocycles. The Morgan fingerprint density at radius 2 is 1.46 bits per heavy atom. The molecule has 80 heavy (non-hydrogen) atoms. The third-order valence-corrected chi connectivity index (χ3v) is 19.0. The number of carboxylic acids is 1. The van der Waals surface area contributed by atoms with E-state index in [1.54, 1.807) is 69.8 Å². The number of rotatable bonds is 16. The fourth-order valence-corrected chi connectivity index (χ4v) is 14.6. The first-order chi connectivity index (χ1) is 37.9. The number of hydrogen-bond acceptors (Lipinski definition) is 13. The minimum atomic E-state index is -4.10. The summed E-state index contributed by atoms with van der Waals surface area (Å²) >= 11 is 12.9. The van der Waals surface area contributed by atoms with Gasteiger partial charge in [0.1, 0.15) is 11.5 Å². The van der Waals surface area contributed by atoms with Gasteiger partial charge >= 0.3 is 5.97 Å². The summed E-state index contributed by atoms with van der Waals surface area (Å²) in [6, 6.07) is 16.4. The molecule has 0 radical (unpaired) electrons. The van der Waals surface area contributed by atoms with Gasteiger partial charge in [0.05, 0.1) is 47.1 Å². The molecule has 22 heteroatoms. The molecule has 0 bridgehead atoms. The number of amides is 3. The van der Waals surface area contributed by atoms with Crippen molar-refractivity contribution in [2.75, 3.05) is 68.3 Å². The zero-order chi connectivity index (χ0) is 57.4. The fourth-order valence-electron chi connectivity index (χ4n) is 12.3.